The fraction of sp³-hybridized carbons (Fsp3) is 0. The molecule has 0 unspecified atom stereocenters. The summed E-state index contributed by atoms with van der Waals surface area (Å²) in [5.41, 5.74) is 19.8. The third-order valence-corrected chi connectivity index (χ3v) is 26.5. The monoisotopic (exact) mass is 1740 g/mol. The van der Waals surface area contributed by atoms with E-state index in [0.29, 0.717) is 46.7 Å². The number of nitrogens with zero attached hydrogens (tertiary/aromatic N) is 11. The molecule has 26 aromatic rings. The van der Waals surface area contributed by atoms with Crippen LogP contribution in [0.2, 0.25) is 0 Å². The molecule has 0 aliphatic rings. The normalized spacial score (nSPS) is 11.5. The van der Waals surface area contributed by atoms with E-state index >= 15 is 0 Å². The molecule has 12 nitrogen and oxygen atoms in total. The van der Waals surface area contributed by atoms with E-state index in [4.69, 9.17) is 59.2 Å². The summed E-state index contributed by atoms with van der Waals surface area (Å²) in [5, 5.41) is 18.2. The molecule has 0 aliphatic heterocycles. The fourth-order valence-corrected chi connectivity index (χ4v) is 19.7. The molecule has 0 bridgehead atoms. The highest BCUT2D eigenvalue weighted by molar-refractivity contribution is 7.22. The highest BCUT2D eigenvalue weighted by atomic mass is 32.1. The van der Waals surface area contributed by atoms with Gasteiger partial charge in [0.15, 0.2) is 46.4 Å². The molecule has 0 N–H and O–H groups in total. The van der Waals surface area contributed by atoms with Crippen molar-refractivity contribution in [3.05, 3.63) is 443 Å². The second-order valence-corrected chi connectivity index (χ2v) is 34.8. The summed E-state index contributed by atoms with van der Waals surface area (Å²) in [6, 6.07) is 152. The lowest BCUT2D eigenvalue weighted by atomic mass is 9.99. The number of benzene rings is 20. The van der Waals surface area contributed by atoms with E-state index < -0.39 is 0 Å². The van der Waals surface area contributed by atoms with E-state index in [2.05, 4.69) is 267 Å². The molecule has 14 heteroatoms. The zero-order valence-corrected chi connectivity index (χ0v) is 72.9. The molecule has 0 radical (unpaired) electrons. The van der Waals surface area contributed by atoms with E-state index in [1.807, 2.05) is 176 Å². The van der Waals surface area contributed by atoms with Crippen molar-refractivity contribution in [2.75, 3.05) is 0 Å². The Morgan fingerprint density at radius 3 is 0.925 bits per heavy atom. The summed E-state index contributed by atoms with van der Waals surface area (Å²) in [6.45, 7) is 0. The van der Waals surface area contributed by atoms with E-state index in [1.165, 1.54) is 47.1 Å². The molecule has 622 valence electrons. The largest absolute Gasteiger partial charge is 0.436 e. The van der Waals surface area contributed by atoms with Gasteiger partial charge in [-0.05, 0) is 137 Å². The van der Waals surface area contributed by atoms with E-state index in [-0.39, 0.29) is 0 Å². The third-order valence-electron chi connectivity index (χ3n) is 24.3. The zero-order chi connectivity index (χ0) is 88.1. The number of hydrogen-bond acceptors (Lipinski definition) is 14. The maximum Gasteiger partial charge on any atom is 0.227 e. The van der Waals surface area contributed by atoms with Gasteiger partial charge in [-0.3, -0.25) is 0 Å². The van der Waals surface area contributed by atoms with Gasteiger partial charge in [-0.15, -0.1) is 22.7 Å². The lowest BCUT2D eigenvalue weighted by Crippen LogP contribution is -2.00. The van der Waals surface area contributed by atoms with Crippen LogP contribution in [0.5, 0.6) is 0 Å². The molecular formula is C119H73N11OS2. The van der Waals surface area contributed by atoms with E-state index in [9.17, 15) is 0 Å². The molecule has 0 atom stereocenters. The van der Waals surface area contributed by atoms with Crippen LogP contribution in [-0.4, -0.2) is 54.8 Å². The summed E-state index contributed by atoms with van der Waals surface area (Å²) < 4.78 is 8.59. The van der Waals surface area contributed by atoms with E-state index in [1.54, 1.807) is 22.7 Å². The molecular weight excluding hydrogens is 1660 g/mol. The van der Waals surface area contributed by atoms with Crippen LogP contribution in [-0.2, 0) is 0 Å². The van der Waals surface area contributed by atoms with Crippen molar-refractivity contribution in [1.29, 1.82) is 0 Å². The average molecular weight is 1740 g/mol. The van der Waals surface area contributed by atoms with Gasteiger partial charge in [0.1, 0.15) is 15.5 Å². The van der Waals surface area contributed by atoms with Gasteiger partial charge in [-0.2, -0.15) is 0 Å². The Labute approximate surface area is 772 Å². The first-order valence-corrected chi connectivity index (χ1v) is 45.7. The Morgan fingerprint density at radius 2 is 0.474 bits per heavy atom. The second-order valence-electron chi connectivity index (χ2n) is 32.7. The van der Waals surface area contributed by atoms with Crippen molar-refractivity contribution >= 4 is 130 Å². The first kappa shape index (κ1) is 79.0. The molecule has 0 spiro atoms. The van der Waals surface area contributed by atoms with Gasteiger partial charge in [0.05, 0.1) is 31.8 Å². The molecule has 0 fully saturated rings. The Morgan fingerprint density at radius 1 is 0.165 bits per heavy atom. The molecule has 133 heavy (non-hydrogen) atoms. The van der Waals surface area contributed by atoms with Gasteiger partial charge < -0.3 is 4.42 Å². The summed E-state index contributed by atoms with van der Waals surface area (Å²) in [4.78, 5) is 55.1. The Bertz CT molecular complexity index is 8820. The van der Waals surface area contributed by atoms with Crippen molar-refractivity contribution < 1.29 is 4.42 Å². The smallest absolute Gasteiger partial charge is 0.227 e. The lowest BCUT2D eigenvalue weighted by molar-refractivity contribution is 0.620. The molecule has 20 aromatic carbocycles. The average Bonchev–Trinajstić information content (AvgIpc) is 1.63. The van der Waals surface area contributed by atoms with Crippen molar-refractivity contribution in [3.63, 3.8) is 0 Å². The predicted molar refractivity (Wildman–Crippen MR) is 549 cm³/mol. The minimum atomic E-state index is 0.615. The van der Waals surface area contributed by atoms with Gasteiger partial charge in [-0.25, -0.2) is 54.8 Å². The third kappa shape index (κ3) is 15.5. The Hall–Kier alpha value is -17.4. The maximum atomic E-state index is 6.21. The Kier molecular flexibility index (Phi) is 20.4. The number of fused-ring (bicyclic) bond motifs is 16. The maximum absolute atomic E-state index is 6.21. The number of aromatic nitrogens is 11. The highest BCUT2D eigenvalue weighted by Gasteiger charge is 2.22. The van der Waals surface area contributed by atoms with Gasteiger partial charge >= 0.3 is 0 Å². The quantitative estimate of drug-likeness (QED) is 0.101. The number of hydrogen-bond donors (Lipinski definition) is 0. The van der Waals surface area contributed by atoms with Crippen LogP contribution in [0.1, 0.15) is 0 Å². The molecule has 0 amide bonds. The zero-order valence-electron chi connectivity index (χ0n) is 71.3. The molecule has 6 aromatic heterocycles. The summed E-state index contributed by atoms with van der Waals surface area (Å²) in [5.74, 6) is 5.17. The van der Waals surface area contributed by atoms with Crippen molar-refractivity contribution in [3.8, 4) is 146 Å². The van der Waals surface area contributed by atoms with Gasteiger partial charge in [0.25, 0.3) is 0 Å². The lowest BCUT2D eigenvalue weighted by Gasteiger charge is -2.11. The van der Waals surface area contributed by atoms with E-state index in [0.717, 1.165) is 159 Å². The first-order valence-electron chi connectivity index (χ1n) is 44.1. The van der Waals surface area contributed by atoms with Gasteiger partial charge in [-0.1, -0.05) is 376 Å². The number of oxazole rings is 1. The standard InChI is InChI=1S/C42H26N4O.C40H24N4S.C37H23N3S/c1-4-11-27(12-5-1)31-17-10-18-33(25-31)40-44-39(29-13-6-2-7-14-29)45-41(46-40)34-21-23-35-32(26-34)20-19-28-22-24-36-38(37(28)35)43-42(47-36)30-15-8-3-9-16-30;1-3-10-27(11-4-1)37-42-38(28-12-5-2-6-13-28)44-39(43-37)31-19-21-33-30(24-31)17-16-26-20-22-34-36(35(26)33)41-40(45-34)32-18-15-25-9-7-8-14-29(25)23-32;1-4-10-24(11-5-1)31-23-32(25-12-6-2-7-13-25)39-36(38-31)29-18-20-30-28(22-29)17-16-26-19-21-33-35(34(26)30)40-37(41-33)27-14-8-3-9-15-27/h1-26H;1-24H;1-23H. The van der Waals surface area contributed by atoms with Crippen molar-refractivity contribution in [2.45, 2.75) is 0 Å². The predicted octanol–water partition coefficient (Wildman–Crippen LogP) is 31.3. The number of thiazole rings is 2. The summed E-state index contributed by atoms with van der Waals surface area (Å²) in [7, 11) is 0. The summed E-state index contributed by atoms with van der Waals surface area (Å²) in [6.07, 6.45) is 0. The number of rotatable bonds is 13. The van der Waals surface area contributed by atoms with Crippen LogP contribution in [0.15, 0.2) is 447 Å². The van der Waals surface area contributed by atoms with Crippen LogP contribution < -0.4 is 0 Å². The minimum Gasteiger partial charge on any atom is -0.436 e. The van der Waals surface area contributed by atoms with Gasteiger partial charge in [0, 0.05) is 82.9 Å². The van der Waals surface area contributed by atoms with Crippen LogP contribution in [0.4, 0.5) is 0 Å². The topological polar surface area (TPSA) is 155 Å². The van der Waals surface area contributed by atoms with Crippen molar-refractivity contribution in [1.82, 2.24) is 54.8 Å². The molecule has 0 saturated carbocycles. The summed E-state index contributed by atoms with van der Waals surface area (Å²) >= 11 is 3.48. The second kappa shape index (κ2) is 34.3. The molecule has 0 saturated heterocycles. The fourth-order valence-electron chi connectivity index (χ4n) is 17.7. The van der Waals surface area contributed by atoms with Crippen LogP contribution in [0.25, 0.3) is 253 Å². The minimum absolute atomic E-state index is 0.615. The molecule has 26 rings (SSSR count). The van der Waals surface area contributed by atoms with Gasteiger partial charge in [0.2, 0.25) is 5.89 Å². The van der Waals surface area contributed by atoms with Crippen molar-refractivity contribution in [2.24, 2.45) is 0 Å². The highest BCUT2D eigenvalue weighted by Crippen LogP contribution is 2.44. The van der Waals surface area contributed by atoms with Crippen LogP contribution in [0.3, 0.4) is 0 Å². The molecule has 0 aliphatic carbocycles. The van der Waals surface area contributed by atoms with Crippen LogP contribution >= 0.6 is 22.7 Å². The SMILES string of the molecule is c1ccc(-c2cc(-c3ccccc3)nc(-c3ccc4c(ccc5ccc6sc(-c7ccccc7)nc6c54)c3)n2)cc1.c1ccc(-c2cccc(-c3nc(-c4ccccc4)nc(-c4ccc5c(ccc6ccc7oc(-c8ccccc8)nc7c65)c4)n3)c2)cc1.c1ccc(-c2nc(-c3ccccc3)nc(-c3ccc4c(ccc5ccc6sc(-c7ccc8ccccc8c7)nc6c54)c3)n2)cc1. The Balaban J connectivity index is 0.000000110. The first-order chi connectivity index (χ1) is 65.8. The molecule has 6 heterocycles. The van der Waals surface area contributed by atoms with Crippen LogP contribution in [0, 0.1) is 0 Å².